The number of thiazole rings is 1. The zero-order chi connectivity index (χ0) is 17.5. The highest BCUT2D eigenvalue weighted by atomic mass is 32.1. The van der Waals surface area contributed by atoms with Crippen molar-refractivity contribution < 1.29 is 9.53 Å². The summed E-state index contributed by atoms with van der Waals surface area (Å²) in [7, 11) is 1.77. The normalized spacial score (nSPS) is 12.2. The summed E-state index contributed by atoms with van der Waals surface area (Å²) in [4.78, 5) is 18.3. The summed E-state index contributed by atoms with van der Waals surface area (Å²) in [5.41, 5.74) is 9.63. The van der Waals surface area contributed by atoms with E-state index in [0.717, 1.165) is 17.0 Å². The molecular weight excluding hydrogens is 322 g/mol. The van der Waals surface area contributed by atoms with Crippen LogP contribution in [-0.4, -0.2) is 35.5 Å². The van der Waals surface area contributed by atoms with Crippen LogP contribution < -0.4 is 10.5 Å². The lowest BCUT2D eigenvalue weighted by molar-refractivity contribution is -0.131. The molecule has 1 heterocycles. The highest BCUT2D eigenvalue weighted by molar-refractivity contribution is 7.07. The molecule has 0 saturated carbocycles. The smallest absolute Gasteiger partial charge is 0.239 e. The molecule has 1 aromatic heterocycles. The van der Waals surface area contributed by atoms with Crippen LogP contribution >= 0.6 is 11.3 Å². The number of hydrogen-bond donors (Lipinski definition) is 1. The Bertz CT molecular complexity index is 643. The molecule has 130 valence electrons. The first-order valence-corrected chi connectivity index (χ1v) is 9.00. The zero-order valence-electron chi connectivity index (χ0n) is 14.4. The van der Waals surface area contributed by atoms with E-state index in [4.69, 9.17) is 10.5 Å². The number of aromatic nitrogens is 1. The Morgan fingerprint density at radius 1 is 1.38 bits per heavy atom. The van der Waals surface area contributed by atoms with Crippen LogP contribution in [0.1, 0.15) is 25.1 Å². The average Bonchev–Trinajstić information content (AvgIpc) is 3.06. The van der Waals surface area contributed by atoms with Gasteiger partial charge in [0.05, 0.1) is 23.9 Å². The van der Waals surface area contributed by atoms with Crippen LogP contribution in [0.2, 0.25) is 0 Å². The topological polar surface area (TPSA) is 68.5 Å². The molecule has 24 heavy (non-hydrogen) atoms. The fourth-order valence-electron chi connectivity index (χ4n) is 2.30. The summed E-state index contributed by atoms with van der Waals surface area (Å²) in [6, 6.07) is 7.22. The van der Waals surface area contributed by atoms with Gasteiger partial charge in [-0.05, 0) is 12.0 Å². The number of nitrogens with two attached hydrogens (primary N) is 1. The van der Waals surface area contributed by atoms with Gasteiger partial charge in [0.2, 0.25) is 5.91 Å². The number of likely N-dealkylation sites (N-methyl/N-ethyl adjacent to an activating group) is 1. The fourth-order valence-corrected chi connectivity index (χ4v) is 2.87. The Kier molecular flexibility index (Phi) is 6.75. The lowest BCUT2D eigenvalue weighted by atomic mass is 10.1. The van der Waals surface area contributed by atoms with Crippen LogP contribution in [0, 0.1) is 5.92 Å². The van der Waals surface area contributed by atoms with Crippen molar-refractivity contribution in [3.8, 4) is 5.75 Å². The van der Waals surface area contributed by atoms with Crippen molar-refractivity contribution in [3.05, 3.63) is 46.4 Å². The summed E-state index contributed by atoms with van der Waals surface area (Å²) < 4.78 is 5.85. The van der Waals surface area contributed by atoms with Gasteiger partial charge >= 0.3 is 0 Å². The van der Waals surface area contributed by atoms with Crippen LogP contribution in [-0.2, 0) is 17.8 Å². The van der Waals surface area contributed by atoms with Gasteiger partial charge in [-0.1, -0.05) is 32.0 Å². The third kappa shape index (κ3) is 5.32. The van der Waals surface area contributed by atoms with Crippen molar-refractivity contribution in [3.63, 3.8) is 0 Å². The molecule has 0 saturated heterocycles. The van der Waals surface area contributed by atoms with Crippen LogP contribution in [0.5, 0.6) is 5.75 Å². The molecule has 0 fully saturated rings. The lowest BCUT2D eigenvalue weighted by Crippen LogP contribution is -2.42. The first-order chi connectivity index (χ1) is 11.5. The van der Waals surface area contributed by atoms with Crippen molar-refractivity contribution >= 4 is 17.2 Å². The van der Waals surface area contributed by atoms with E-state index in [9.17, 15) is 4.79 Å². The van der Waals surface area contributed by atoms with E-state index in [-0.39, 0.29) is 5.91 Å². The molecule has 1 atom stereocenters. The number of rotatable bonds is 8. The molecule has 6 heteroatoms. The SMILES string of the molecule is CC(C)COc1ccccc1CN(C)C(=O)[C@@H](N)Cc1cscn1. The number of benzene rings is 1. The highest BCUT2D eigenvalue weighted by Gasteiger charge is 2.20. The number of ether oxygens (including phenoxy) is 1. The van der Waals surface area contributed by atoms with E-state index in [1.54, 1.807) is 17.5 Å². The van der Waals surface area contributed by atoms with Crippen molar-refractivity contribution in [2.45, 2.75) is 32.9 Å². The van der Waals surface area contributed by atoms with Crippen LogP contribution in [0.4, 0.5) is 0 Å². The number of nitrogens with zero attached hydrogens (tertiary/aromatic N) is 2. The molecule has 2 rings (SSSR count). The minimum atomic E-state index is -0.583. The first-order valence-electron chi connectivity index (χ1n) is 8.05. The molecular formula is C18H25N3O2S. The Hall–Kier alpha value is -1.92. The predicted molar refractivity (Wildman–Crippen MR) is 97.0 cm³/mol. The second kappa shape index (κ2) is 8.80. The highest BCUT2D eigenvalue weighted by Crippen LogP contribution is 2.20. The van der Waals surface area contributed by atoms with Gasteiger partial charge in [0.15, 0.2) is 0 Å². The van der Waals surface area contributed by atoms with Gasteiger partial charge in [-0.25, -0.2) is 4.98 Å². The van der Waals surface area contributed by atoms with E-state index in [1.165, 1.54) is 11.3 Å². The molecule has 0 aliphatic rings. The maximum atomic E-state index is 12.5. The third-order valence-corrected chi connectivity index (χ3v) is 4.19. The molecule has 1 aromatic carbocycles. The Morgan fingerprint density at radius 3 is 2.79 bits per heavy atom. The minimum Gasteiger partial charge on any atom is -0.493 e. The molecule has 2 N–H and O–H groups in total. The molecule has 0 bridgehead atoms. The van der Waals surface area contributed by atoms with Crippen molar-refractivity contribution in [1.29, 1.82) is 0 Å². The first kappa shape index (κ1) is 18.4. The lowest BCUT2D eigenvalue weighted by Gasteiger charge is -2.22. The third-order valence-electron chi connectivity index (χ3n) is 3.56. The summed E-state index contributed by atoms with van der Waals surface area (Å²) >= 11 is 1.51. The van der Waals surface area contributed by atoms with Crippen LogP contribution in [0.25, 0.3) is 0 Å². The number of carbonyl (C=O) groups is 1. The van der Waals surface area contributed by atoms with Crippen LogP contribution in [0.3, 0.4) is 0 Å². The molecule has 5 nitrogen and oxygen atoms in total. The molecule has 0 aliphatic heterocycles. The second-order valence-corrected chi connectivity index (χ2v) is 7.02. The van der Waals surface area contributed by atoms with Gasteiger partial charge < -0.3 is 15.4 Å². The second-order valence-electron chi connectivity index (χ2n) is 6.30. The Balaban J connectivity index is 1.98. The summed E-state index contributed by atoms with van der Waals surface area (Å²) in [6.07, 6.45) is 0.457. The number of carbonyl (C=O) groups excluding carboxylic acids is 1. The van der Waals surface area contributed by atoms with Gasteiger partial charge in [-0.3, -0.25) is 4.79 Å². The zero-order valence-corrected chi connectivity index (χ0v) is 15.3. The predicted octanol–water partition coefficient (Wildman–Crippen LogP) is 2.71. The Labute approximate surface area is 147 Å². The van der Waals surface area contributed by atoms with E-state index in [0.29, 0.717) is 25.5 Å². The largest absolute Gasteiger partial charge is 0.493 e. The van der Waals surface area contributed by atoms with Gasteiger partial charge in [0.1, 0.15) is 5.75 Å². The Morgan fingerprint density at radius 2 is 2.12 bits per heavy atom. The molecule has 0 spiro atoms. The van der Waals surface area contributed by atoms with E-state index < -0.39 is 6.04 Å². The van der Waals surface area contributed by atoms with E-state index >= 15 is 0 Å². The van der Waals surface area contributed by atoms with Crippen molar-refractivity contribution in [2.24, 2.45) is 11.7 Å². The van der Waals surface area contributed by atoms with E-state index in [2.05, 4.69) is 18.8 Å². The van der Waals surface area contributed by atoms with E-state index in [1.807, 2.05) is 29.6 Å². The van der Waals surface area contributed by atoms with Crippen molar-refractivity contribution in [2.75, 3.05) is 13.7 Å². The standard InChI is InChI=1S/C18H25N3O2S/c1-13(2)10-23-17-7-5-4-6-14(17)9-21(3)18(22)16(19)8-15-11-24-12-20-15/h4-7,11-13,16H,8-10,19H2,1-3H3/t16-/m0/s1. The molecule has 0 unspecified atom stereocenters. The number of amides is 1. The monoisotopic (exact) mass is 347 g/mol. The number of hydrogen-bond acceptors (Lipinski definition) is 5. The summed E-state index contributed by atoms with van der Waals surface area (Å²) in [5, 5.41) is 1.92. The van der Waals surface area contributed by atoms with Gasteiger partial charge in [-0.2, -0.15) is 0 Å². The van der Waals surface area contributed by atoms with Crippen LogP contribution in [0.15, 0.2) is 35.2 Å². The maximum Gasteiger partial charge on any atom is 0.239 e. The minimum absolute atomic E-state index is 0.0957. The summed E-state index contributed by atoms with van der Waals surface area (Å²) in [5.74, 6) is 1.17. The molecule has 1 amide bonds. The van der Waals surface area contributed by atoms with Crippen molar-refractivity contribution in [1.82, 2.24) is 9.88 Å². The summed E-state index contributed by atoms with van der Waals surface area (Å²) in [6.45, 7) is 5.33. The molecule has 2 aromatic rings. The average molecular weight is 347 g/mol. The molecule has 0 aliphatic carbocycles. The van der Waals surface area contributed by atoms with Gasteiger partial charge in [0.25, 0.3) is 0 Å². The van der Waals surface area contributed by atoms with Gasteiger partial charge in [-0.15, -0.1) is 11.3 Å². The molecule has 0 radical (unpaired) electrons. The maximum absolute atomic E-state index is 12.5. The quantitative estimate of drug-likeness (QED) is 0.797. The van der Waals surface area contributed by atoms with Gasteiger partial charge in [0, 0.05) is 31.0 Å². The fraction of sp³-hybridized carbons (Fsp3) is 0.444. The number of para-hydroxylation sites is 1.